The minimum atomic E-state index is 0.744. The van der Waals surface area contributed by atoms with Gasteiger partial charge in [0.05, 0.1) is 0 Å². The Balaban J connectivity index is 1.19. The lowest BCUT2D eigenvalue weighted by molar-refractivity contribution is -1.06. The molecule has 16 rings (SSSR count). The molecule has 16 saturated carbocycles. The molecule has 16 fully saturated rings. The van der Waals surface area contributed by atoms with Gasteiger partial charge in [-0.1, -0.05) is 34.6 Å². The first-order valence-electron chi connectivity index (χ1n) is 14.4. The summed E-state index contributed by atoms with van der Waals surface area (Å²) in [6.07, 6.45) is 3.48. The number of fused-ring (bicyclic) bond motifs is 8. The third-order valence-electron chi connectivity index (χ3n) is 23.1. The molecule has 0 aromatic heterocycles. The fourth-order valence-electron chi connectivity index (χ4n) is 26.9. The zero-order valence-corrected chi connectivity index (χ0v) is 18.8. The third-order valence-corrected chi connectivity index (χ3v) is 23.1. The molecular weight excluding hydrogens is 360 g/mol. The van der Waals surface area contributed by atoms with Crippen LogP contribution in [0.15, 0.2) is 0 Å². The standard InChI is InChI=1S/C30H30/c1-8-14-17-12-6-10-16-11-7-13-18-15-9(2)20(4)21(5)19(8,3)24(14)27(17)22(10,12)26(16)23(11,13)28(18)25(15,20)29(21,24)30(26,27)28/h8-18H,6-7H2,1-5H3. The fraction of sp³-hybridized carbons (Fsp3) is 1.00. The second-order valence-corrected chi connectivity index (χ2v) is 17.9. The van der Waals surface area contributed by atoms with Crippen molar-refractivity contribution in [2.24, 2.45) is 130 Å². The van der Waals surface area contributed by atoms with E-state index in [2.05, 4.69) is 34.6 Å². The van der Waals surface area contributed by atoms with Crippen molar-refractivity contribution in [1.82, 2.24) is 0 Å². The molecule has 150 valence electrons. The van der Waals surface area contributed by atoms with Gasteiger partial charge in [0.15, 0.2) is 0 Å². The van der Waals surface area contributed by atoms with Crippen LogP contribution in [0.25, 0.3) is 0 Å². The van der Waals surface area contributed by atoms with Gasteiger partial charge in [-0.2, -0.15) is 0 Å². The lowest BCUT2D eigenvalue weighted by Crippen LogP contribution is -3.49. The van der Waals surface area contributed by atoms with Crippen molar-refractivity contribution in [3.63, 3.8) is 0 Å². The Bertz CT molecular complexity index is 1270. The Morgan fingerprint density at radius 2 is 0.967 bits per heavy atom. The highest BCUT2D eigenvalue weighted by Crippen LogP contribution is 3.52. The highest BCUT2D eigenvalue weighted by molar-refractivity contribution is 5.95. The Morgan fingerprint density at radius 1 is 0.500 bits per heavy atom. The summed E-state index contributed by atoms with van der Waals surface area (Å²) in [5.41, 5.74) is 11.2. The average Bonchev–Trinajstić information content (AvgIpc) is 2.65. The maximum atomic E-state index is 2.97. The van der Waals surface area contributed by atoms with Crippen molar-refractivity contribution >= 4 is 0 Å². The van der Waals surface area contributed by atoms with E-state index in [1.54, 1.807) is 12.8 Å². The highest BCUT2D eigenvalue weighted by atomic mass is 15.5. The van der Waals surface area contributed by atoms with Crippen molar-refractivity contribution in [3.8, 4) is 0 Å². The van der Waals surface area contributed by atoms with Crippen molar-refractivity contribution in [2.75, 3.05) is 0 Å². The molecule has 0 radical (unpaired) electrons. The van der Waals surface area contributed by atoms with Gasteiger partial charge in [0.25, 0.3) is 0 Å². The summed E-state index contributed by atoms with van der Waals surface area (Å²) < 4.78 is 0. The van der Waals surface area contributed by atoms with Gasteiger partial charge in [0.2, 0.25) is 0 Å². The van der Waals surface area contributed by atoms with Crippen molar-refractivity contribution in [2.45, 2.75) is 47.5 Å². The number of rotatable bonds is 0. The summed E-state index contributed by atoms with van der Waals surface area (Å²) >= 11 is 0. The number of hydrogen-bond donors (Lipinski definition) is 0. The van der Waals surface area contributed by atoms with Crippen LogP contribution in [-0.4, -0.2) is 0 Å². The molecular formula is C30H30. The van der Waals surface area contributed by atoms with Gasteiger partial charge in [-0.3, -0.25) is 0 Å². The molecule has 0 nitrogen and oxygen atoms in total. The molecule has 0 heteroatoms. The van der Waals surface area contributed by atoms with E-state index in [1.165, 1.54) is 53.3 Å². The minimum absolute atomic E-state index is 0.744. The monoisotopic (exact) mass is 390 g/mol. The van der Waals surface area contributed by atoms with Crippen molar-refractivity contribution < 1.29 is 0 Å². The van der Waals surface area contributed by atoms with E-state index in [1.807, 2.05) is 0 Å². The molecule has 0 amide bonds. The quantitative estimate of drug-likeness (QED) is 0.562. The van der Waals surface area contributed by atoms with Gasteiger partial charge in [-0.05, 0) is 143 Å². The summed E-state index contributed by atoms with van der Waals surface area (Å²) in [4.78, 5) is 0. The van der Waals surface area contributed by atoms with Crippen LogP contribution >= 0.6 is 0 Å². The topological polar surface area (TPSA) is 0 Å². The molecule has 18 unspecified atom stereocenters. The zero-order valence-electron chi connectivity index (χ0n) is 18.8. The Hall–Kier alpha value is 0. The van der Waals surface area contributed by atoms with Crippen LogP contribution in [0.3, 0.4) is 0 Å². The van der Waals surface area contributed by atoms with Gasteiger partial charge in [-0.25, -0.2) is 0 Å². The van der Waals surface area contributed by atoms with Crippen molar-refractivity contribution in [1.29, 1.82) is 0 Å². The molecule has 9 spiro atoms. The average molecular weight is 391 g/mol. The van der Waals surface area contributed by atoms with Crippen molar-refractivity contribution in [3.05, 3.63) is 0 Å². The summed E-state index contributed by atoms with van der Waals surface area (Å²) in [5, 5.41) is 0. The largest absolute Gasteiger partial charge is 0.0616 e. The normalized spacial score (nSPS) is 118. The summed E-state index contributed by atoms with van der Waals surface area (Å²) in [7, 11) is 0. The maximum Gasteiger partial charge on any atom is -0.00111 e. The first-order chi connectivity index (χ1) is 14.4. The van der Waals surface area contributed by atoms with Gasteiger partial charge in [0, 0.05) is 0 Å². The smallest absolute Gasteiger partial charge is 0.00111 e. The highest BCUT2D eigenvalue weighted by Gasteiger charge is 3.50. The fourth-order valence-corrected chi connectivity index (χ4v) is 26.9. The van der Waals surface area contributed by atoms with Crippen LogP contribution in [0.4, 0.5) is 0 Å². The molecule has 16 aliphatic carbocycles. The van der Waals surface area contributed by atoms with Crippen LogP contribution in [-0.2, 0) is 0 Å². The second-order valence-electron chi connectivity index (χ2n) is 17.9. The SMILES string of the molecule is CC1C2C3C4CC5C6C7CC8C9C%10C(C)C%11(C)C%12(C)C1(C)C21C32C54C63C78C94C%10%11C%121C324. The van der Waals surface area contributed by atoms with Gasteiger partial charge < -0.3 is 0 Å². The lowest BCUT2D eigenvalue weighted by atomic mass is 8.52. The molecule has 0 saturated heterocycles. The molecule has 30 heavy (non-hydrogen) atoms. The van der Waals surface area contributed by atoms with E-state index < -0.39 is 0 Å². The van der Waals surface area contributed by atoms with Gasteiger partial charge in [0.1, 0.15) is 0 Å². The van der Waals surface area contributed by atoms with Crippen LogP contribution in [0.5, 0.6) is 0 Å². The van der Waals surface area contributed by atoms with E-state index in [4.69, 9.17) is 0 Å². The first-order valence-corrected chi connectivity index (χ1v) is 14.4. The van der Waals surface area contributed by atoms with E-state index in [9.17, 15) is 0 Å². The van der Waals surface area contributed by atoms with E-state index in [-0.39, 0.29) is 0 Å². The predicted molar refractivity (Wildman–Crippen MR) is 105 cm³/mol. The summed E-state index contributed by atoms with van der Waals surface area (Å²) in [5.74, 6) is 13.6. The maximum absolute atomic E-state index is 2.97. The molecule has 0 aromatic rings. The zero-order chi connectivity index (χ0) is 18.8. The minimum Gasteiger partial charge on any atom is -0.0616 e. The molecule has 0 aliphatic heterocycles. The molecule has 0 heterocycles. The third kappa shape index (κ3) is 0.304. The van der Waals surface area contributed by atoms with Crippen LogP contribution < -0.4 is 0 Å². The van der Waals surface area contributed by atoms with E-state index >= 15 is 0 Å². The molecule has 18 atom stereocenters. The van der Waals surface area contributed by atoms with E-state index in [0.29, 0.717) is 0 Å². The Labute approximate surface area is 177 Å². The number of hydrogen-bond acceptors (Lipinski definition) is 0. The lowest BCUT2D eigenvalue weighted by Gasteiger charge is -3.50. The predicted octanol–water partition coefficient (Wildman–Crippen LogP) is 4.70. The molecule has 16 aliphatic rings. The first kappa shape index (κ1) is 12.5. The van der Waals surface area contributed by atoms with Crippen LogP contribution in [0.2, 0.25) is 0 Å². The second kappa shape index (κ2) is 1.99. The van der Waals surface area contributed by atoms with E-state index in [0.717, 1.165) is 76.8 Å². The Kier molecular flexibility index (Phi) is 0.825. The van der Waals surface area contributed by atoms with Gasteiger partial charge in [-0.15, -0.1) is 0 Å². The summed E-state index contributed by atoms with van der Waals surface area (Å²) in [6, 6.07) is 0. The summed E-state index contributed by atoms with van der Waals surface area (Å²) in [6.45, 7) is 14.4. The van der Waals surface area contributed by atoms with Crippen LogP contribution in [0, 0.1) is 130 Å². The Morgan fingerprint density at radius 3 is 1.47 bits per heavy atom. The molecule has 0 N–H and O–H groups in total. The molecule has 0 aromatic carbocycles. The van der Waals surface area contributed by atoms with Crippen LogP contribution in [0.1, 0.15) is 47.5 Å². The molecule has 0 bridgehead atoms. The van der Waals surface area contributed by atoms with Gasteiger partial charge >= 0.3 is 0 Å².